The van der Waals surface area contributed by atoms with E-state index in [0.717, 1.165) is 31.9 Å². The maximum Gasteiger partial charge on any atom is 0.0950 e. The van der Waals surface area contributed by atoms with E-state index in [9.17, 15) is 0 Å². The van der Waals surface area contributed by atoms with Crippen LogP contribution in [0, 0.1) is 0 Å². The molecule has 0 spiro atoms. The van der Waals surface area contributed by atoms with Crippen molar-refractivity contribution in [1.82, 2.24) is 9.55 Å². The van der Waals surface area contributed by atoms with Crippen LogP contribution in [0.3, 0.4) is 0 Å². The molecule has 80 valence electrons. The molecule has 0 radical (unpaired) electrons. The van der Waals surface area contributed by atoms with Gasteiger partial charge in [0.15, 0.2) is 0 Å². The van der Waals surface area contributed by atoms with E-state index < -0.39 is 0 Å². The predicted octanol–water partition coefficient (Wildman–Crippen LogP) is 0.809. The number of hydrogen-bond acceptors (Lipinski definition) is 3. The van der Waals surface area contributed by atoms with Crippen molar-refractivity contribution in [2.45, 2.75) is 32.9 Å². The number of imidazole rings is 1. The third kappa shape index (κ3) is 3.89. The van der Waals surface area contributed by atoms with Crippen molar-refractivity contribution in [2.75, 3.05) is 13.2 Å². The molecule has 0 aliphatic carbocycles. The molecule has 1 rings (SSSR count). The molecule has 0 fully saturated rings. The number of aromatic nitrogens is 2. The van der Waals surface area contributed by atoms with Gasteiger partial charge >= 0.3 is 0 Å². The van der Waals surface area contributed by atoms with Crippen LogP contribution in [-0.2, 0) is 17.7 Å². The van der Waals surface area contributed by atoms with Gasteiger partial charge in [0.1, 0.15) is 0 Å². The fraction of sp³-hybridized carbons (Fsp3) is 0.700. The second kappa shape index (κ2) is 5.78. The molecule has 1 unspecified atom stereocenters. The van der Waals surface area contributed by atoms with E-state index in [1.165, 1.54) is 0 Å². The molecule has 2 N–H and O–H groups in total. The Morgan fingerprint density at radius 1 is 1.64 bits per heavy atom. The molecular formula is C10H19N3O. The summed E-state index contributed by atoms with van der Waals surface area (Å²) in [5, 5.41) is 0. The molecule has 0 aliphatic heterocycles. The van der Waals surface area contributed by atoms with E-state index in [1.807, 2.05) is 30.9 Å². The van der Waals surface area contributed by atoms with Crippen LogP contribution in [0.25, 0.3) is 0 Å². The van der Waals surface area contributed by atoms with Gasteiger partial charge in [-0.25, -0.2) is 4.98 Å². The Balaban J connectivity index is 2.35. The number of rotatable bonds is 6. The highest BCUT2D eigenvalue weighted by Crippen LogP contribution is 1.99. The maximum absolute atomic E-state index is 5.68. The first-order valence-corrected chi connectivity index (χ1v) is 5.06. The van der Waals surface area contributed by atoms with Crippen LogP contribution in [0.1, 0.15) is 19.5 Å². The molecule has 14 heavy (non-hydrogen) atoms. The van der Waals surface area contributed by atoms with Crippen LogP contribution in [0.15, 0.2) is 12.5 Å². The summed E-state index contributed by atoms with van der Waals surface area (Å²) in [7, 11) is 0. The summed E-state index contributed by atoms with van der Waals surface area (Å²) in [5.74, 6) is 0. The summed E-state index contributed by atoms with van der Waals surface area (Å²) < 4.78 is 7.29. The molecule has 0 saturated carbocycles. The first-order chi connectivity index (χ1) is 6.72. The monoisotopic (exact) mass is 197 g/mol. The van der Waals surface area contributed by atoms with Gasteiger partial charge in [-0.15, -0.1) is 0 Å². The summed E-state index contributed by atoms with van der Waals surface area (Å²) in [6.07, 6.45) is 4.70. The molecular weight excluding hydrogens is 178 g/mol. The zero-order valence-corrected chi connectivity index (χ0v) is 8.94. The predicted molar refractivity (Wildman–Crippen MR) is 56.1 cm³/mol. The highest BCUT2D eigenvalue weighted by Gasteiger charge is 2.01. The first-order valence-electron chi connectivity index (χ1n) is 5.06. The van der Waals surface area contributed by atoms with Crippen molar-refractivity contribution in [3.8, 4) is 0 Å². The Morgan fingerprint density at radius 3 is 3.07 bits per heavy atom. The second-order valence-corrected chi connectivity index (χ2v) is 3.48. The molecule has 1 heterocycles. The van der Waals surface area contributed by atoms with Gasteiger partial charge in [0.25, 0.3) is 0 Å². The number of ether oxygens (including phenoxy) is 1. The number of nitrogens with two attached hydrogens (primary N) is 1. The van der Waals surface area contributed by atoms with Gasteiger partial charge in [-0.1, -0.05) is 0 Å². The Bertz CT molecular complexity index is 258. The van der Waals surface area contributed by atoms with Gasteiger partial charge in [0, 0.05) is 31.8 Å². The minimum absolute atomic E-state index is 0.172. The highest BCUT2D eigenvalue weighted by atomic mass is 16.5. The molecule has 1 aromatic heterocycles. The quantitative estimate of drug-likeness (QED) is 0.687. The molecule has 4 heteroatoms. The standard InChI is InChI=1S/C10H19N3O/c1-3-14-5-4-13-7-10(12-8-13)6-9(2)11/h7-9H,3-6,11H2,1-2H3. The SMILES string of the molecule is CCOCCn1cnc(CC(C)N)c1. The first kappa shape index (κ1) is 11.2. The number of nitrogens with zero attached hydrogens (tertiary/aromatic N) is 2. The van der Waals surface area contributed by atoms with Crippen molar-refractivity contribution in [2.24, 2.45) is 5.73 Å². The molecule has 0 aromatic carbocycles. The Labute approximate surface area is 85.1 Å². The number of hydrogen-bond donors (Lipinski definition) is 1. The minimum atomic E-state index is 0.172. The Morgan fingerprint density at radius 2 is 2.43 bits per heavy atom. The van der Waals surface area contributed by atoms with Crippen LogP contribution >= 0.6 is 0 Å². The van der Waals surface area contributed by atoms with Crippen LogP contribution in [-0.4, -0.2) is 28.8 Å². The summed E-state index contributed by atoms with van der Waals surface area (Å²) >= 11 is 0. The van der Waals surface area contributed by atoms with Crippen molar-refractivity contribution in [3.05, 3.63) is 18.2 Å². The average Bonchev–Trinajstić information content (AvgIpc) is 2.52. The third-order valence-electron chi connectivity index (χ3n) is 1.92. The Hall–Kier alpha value is -0.870. The topological polar surface area (TPSA) is 53.1 Å². The molecule has 1 atom stereocenters. The van der Waals surface area contributed by atoms with Crippen molar-refractivity contribution in [3.63, 3.8) is 0 Å². The molecule has 4 nitrogen and oxygen atoms in total. The van der Waals surface area contributed by atoms with Crippen molar-refractivity contribution >= 4 is 0 Å². The lowest BCUT2D eigenvalue weighted by atomic mass is 10.2. The molecule has 0 bridgehead atoms. The van der Waals surface area contributed by atoms with E-state index in [1.54, 1.807) is 0 Å². The van der Waals surface area contributed by atoms with Crippen molar-refractivity contribution in [1.29, 1.82) is 0 Å². The highest BCUT2D eigenvalue weighted by molar-refractivity contribution is 4.98. The van der Waals surface area contributed by atoms with Gasteiger partial charge in [0.05, 0.1) is 18.6 Å². The Kier molecular flexibility index (Phi) is 4.62. The smallest absolute Gasteiger partial charge is 0.0950 e. The molecule has 0 aliphatic rings. The van der Waals surface area contributed by atoms with Gasteiger partial charge in [0.2, 0.25) is 0 Å². The van der Waals surface area contributed by atoms with Crippen LogP contribution < -0.4 is 5.73 Å². The minimum Gasteiger partial charge on any atom is -0.380 e. The van der Waals surface area contributed by atoms with E-state index in [4.69, 9.17) is 10.5 Å². The summed E-state index contributed by atoms with van der Waals surface area (Å²) in [6.45, 7) is 6.35. The van der Waals surface area contributed by atoms with Gasteiger partial charge in [-0.05, 0) is 13.8 Å². The molecule has 0 amide bonds. The fourth-order valence-corrected chi connectivity index (χ4v) is 1.28. The largest absolute Gasteiger partial charge is 0.380 e. The lowest BCUT2D eigenvalue weighted by Gasteiger charge is -2.02. The van der Waals surface area contributed by atoms with Crippen LogP contribution in [0.4, 0.5) is 0 Å². The summed E-state index contributed by atoms with van der Waals surface area (Å²) in [5.41, 5.74) is 6.73. The normalized spacial score (nSPS) is 13.1. The van der Waals surface area contributed by atoms with Crippen molar-refractivity contribution < 1.29 is 4.74 Å². The zero-order valence-electron chi connectivity index (χ0n) is 8.94. The van der Waals surface area contributed by atoms with Crippen LogP contribution in [0.5, 0.6) is 0 Å². The summed E-state index contributed by atoms with van der Waals surface area (Å²) in [6, 6.07) is 0.172. The van der Waals surface area contributed by atoms with E-state index >= 15 is 0 Å². The van der Waals surface area contributed by atoms with Gasteiger partial charge in [-0.2, -0.15) is 0 Å². The van der Waals surface area contributed by atoms with Gasteiger partial charge in [-0.3, -0.25) is 0 Å². The van der Waals surface area contributed by atoms with E-state index in [-0.39, 0.29) is 6.04 Å². The second-order valence-electron chi connectivity index (χ2n) is 3.48. The molecule has 0 saturated heterocycles. The fourth-order valence-electron chi connectivity index (χ4n) is 1.28. The average molecular weight is 197 g/mol. The van der Waals surface area contributed by atoms with E-state index in [2.05, 4.69) is 4.98 Å². The zero-order chi connectivity index (χ0) is 10.4. The van der Waals surface area contributed by atoms with Crippen LogP contribution in [0.2, 0.25) is 0 Å². The lowest BCUT2D eigenvalue weighted by Crippen LogP contribution is -2.17. The van der Waals surface area contributed by atoms with E-state index in [0.29, 0.717) is 0 Å². The lowest BCUT2D eigenvalue weighted by molar-refractivity contribution is 0.139. The maximum atomic E-state index is 5.68. The molecule has 1 aromatic rings. The third-order valence-corrected chi connectivity index (χ3v) is 1.92. The van der Waals surface area contributed by atoms with Gasteiger partial charge < -0.3 is 15.0 Å². The summed E-state index contributed by atoms with van der Waals surface area (Å²) in [4.78, 5) is 4.26.